The molecule has 0 radical (unpaired) electrons. The van der Waals surface area contributed by atoms with Crippen molar-refractivity contribution in [1.29, 1.82) is 0 Å². The molecule has 0 bridgehead atoms. The van der Waals surface area contributed by atoms with E-state index in [1.807, 2.05) is 6.92 Å². The van der Waals surface area contributed by atoms with Crippen LogP contribution >= 0.6 is 15.9 Å². The number of halogens is 1. The molecule has 0 aliphatic heterocycles. The van der Waals surface area contributed by atoms with Crippen molar-refractivity contribution in [3.63, 3.8) is 0 Å². The number of pyridine rings is 1. The maximum Gasteiger partial charge on any atom is 0.307 e. The minimum Gasteiger partial charge on any atom is -0.481 e. The lowest BCUT2D eigenvalue weighted by Gasteiger charge is -1.98. The van der Waals surface area contributed by atoms with Gasteiger partial charge in [0.25, 0.3) is 0 Å². The molecule has 0 spiro atoms. The van der Waals surface area contributed by atoms with Crippen LogP contribution in [0.3, 0.4) is 0 Å². The molecule has 2 aromatic rings. The topological polar surface area (TPSA) is 66.0 Å². The molecule has 2 rings (SSSR count). The summed E-state index contributed by atoms with van der Waals surface area (Å²) in [6.07, 6.45) is 1.68. The van der Waals surface area contributed by atoms with Gasteiger partial charge in [0.1, 0.15) is 5.65 Å². The van der Waals surface area contributed by atoms with Gasteiger partial charge in [0.05, 0.1) is 6.42 Å². The number of aromatic nitrogens is 2. The van der Waals surface area contributed by atoms with E-state index in [1.54, 1.807) is 12.3 Å². The molecule has 0 atom stereocenters. The van der Waals surface area contributed by atoms with E-state index in [9.17, 15) is 4.79 Å². The largest absolute Gasteiger partial charge is 0.481 e. The van der Waals surface area contributed by atoms with E-state index in [-0.39, 0.29) is 6.42 Å². The summed E-state index contributed by atoms with van der Waals surface area (Å²) >= 11 is 3.40. The van der Waals surface area contributed by atoms with Gasteiger partial charge in [-0.25, -0.2) is 4.98 Å². The first-order valence-electron chi connectivity index (χ1n) is 4.43. The summed E-state index contributed by atoms with van der Waals surface area (Å²) in [5.74, 6) is -0.838. The van der Waals surface area contributed by atoms with Gasteiger partial charge in [0.15, 0.2) is 0 Å². The standard InChI is InChI=1S/C10H9BrN2O2/c1-5-6(4-8(14)15)9-7(11)2-3-12-10(9)13-5/h2-3H,4H2,1H3,(H,12,13)(H,14,15). The van der Waals surface area contributed by atoms with E-state index in [0.717, 1.165) is 26.8 Å². The summed E-state index contributed by atoms with van der Waals surface area (Å²) in [6.45, 7) is 1.85. The molecule has 2 heterocycles. The number of fused-ring (bicyclic) bond motifs is 1. The fourth-order valence-corrected chi connectivity index (χ4v) is 2.18. The average Bonchev–Trinajstić information content (AvgIpc) is 2.43. The highest BCUT2D eigenvalue weighted by Crippen LogP contribution is 2.28. The molecule has 0 aromatic carbocycles. The zero-order valence-electron chi connectivity index (χ0n) is 8.04. The van der Waals surface area contributed by atoms with Gasteiger partial charge in [-0.05, 0) is 34.5 Å². The summed E-state index contributed by atoms with van der Waals surface area (Å²) in [6, 6.07) is 1.81. The van der Waals surface area contributed by atoms with Gasteiger partial charge in [-0.3, -0.25) is 4.79 Å². The van der Waals surface area contributed by atoms with Crippen molar-refractivity contribution < 1.29 is 9.90 Å². The van der Waals surface area contributed by atoms with E-state index in [4.69, 9.17) is 5.11 Å². The van der Waals surface area contributed by atoms with E-state index in [2.05, 4.69) is 25.9 Å². The Labute approximate surface area is 94.5 Å². The molecule has 2 aromatic heterocycles. The first-order valence-corrected chi connectivity index (χ1v) is 5.22. The number of aryl methyl sites for hydroxylation is 1. The number of aliphatic carboxylic acids is 1. The van der Waals surface area contributed by atoms with E-state index in [1.165, 1.54) is 0 Å². The fourth-order valence-electron chi connectivity index (χ4n) is 1.63. The molecule has 0 saturated carbocycles. The van der Waals surface area contributed by atoms with Gasteiger partial charge < -0.3 is 10.1 Å². The van der Waals surface area contributed by atoms with Gasteiger partial charge in [-0.2, -0.15) is 0 Å². The molecule has 0 saturated heterocycles. The van der Waals surface area contributed by atoms with Crippen LogP contribution in [-0.2, 0) is 11.2 Å². The van der Waals surface area contributed by atoms with Crippen LogP contribution in [0.4, 0.5) is 0 Å². The molecule has 0 amide bonds. The molecule has 0 unspecified atom stereocenters. The first kappa shape index (κ1) is 10.2. The molecule has 0 aliphatic carbocycles. The normalized spacial score (nSPS) is 10.8. The van der Waals surface area contributed by atoms with Crippen molar-refractivity contribution in [2.75, 3.05) is 0 Å². The third-order valence-electron chi connectivity index (χ3n) is 2.29. The van der Waals surface area contributed by atoms with Crippen LogP contribution in [0.1, 0.15) is 11.3 Å². The van der Waals surface area contributed by atoms with Gasteiger partial charge in [0, 0.05) is 21.7 Å². The third-order valence-corrected chi connectivity index (χ3v) is 2.95. The number of rotatable bonds is 2. The van der Waals surface area contributed by atoms with Crippen molar-refractivity contribution in [3.8, 4) is 0 Å². The monoisotopic (exact) mass is 268 g/mol. The molecule has 0 fully saturated rings. The highest BCUT2D eigenvalue weighted by molar-refractivity contribution is 9.10. The number of H-pyrrole nitrogens is 1. The first-order chi connectivity index (χ1) is 7.09. The van der Waals surface area contributed by atoms with Crippen LogP contribution in [0.15, 0.2) is 16.7 Å². The molecular weight excluding hydrogens is 260 g/mol. The molecule has 15 heavy (non-hydrogen) atoms. The van der Waals surface area contributed by atoms with E-state index in [0.29, 0.717) is 0 Å². The minimum atomic E-state index is -0.838. The second kappa shape index (κ2) is 3.66. The van der Waals surface area contributed by atoms with Crippen LogP contribution in [0.2, 0.25) is 0 Å². The van der Waals surface area contributed by atoms with Crippen molar-refractivity contribution in [1.82, 2.24) is 9.97 Å². The number of nitrogens with one attached hydrogen (secondary N) is 1. The van der Waals surface area contributed by atoms with Crippen LogP contribution in [-0.4, -0.2) is 21.0 Å². The van der Waals surface area contributed by atoms with Crippen molar-refractivity contribution in [2.24, 2.45) is 0 Å². The summed E-state index contributed by atoms with van der Waals surface area (Å²) < 4.78 is 0.869. The smallest absolute Gasteiger partial charge is 0.307 e. The highest BCUT2D eigenvalue weighted by Gasteiger charge is 2.14. The molecule has 5 heteroatoms. The lowest BCUT2D eigenvalue weighted by Crippen LogP contribution is -2.00. The Hall–Kier alpha value is -1.36. The second-order valence-electron chi connectivity index (χ2n) is 3.32. The minimum absolute atomic E-state index is 0.0100. The van der Waals surface area contributed by atoms with Crippen LogP contribution in [0.25, 0.3) is 11.0 Å². The Bertz CT molecular complexity index is 533. The number of carboxylic acid groups (broad SMARTS) is 1. The maximum absolute atomic E-state index is 10.7. The maximum atomic E-state index is 10.7. The Kier molecular flexibility index (Phi) is 2.48. The number of carboxylic acids is 1. The second-order valence-corrected chi connectivity index (χ2v) is 4.17. The van der Waals surface area contributed by atoms with Gasteiger partial charge in [0.2, 0.25) is 0 Å². The Morgan fingerprint density at radius 3 is 3.07 bits per heavy atom. The number of nitrogens with zero attached hydrogens (tertiary/aromatic N) is 1. The number of aromatic amines is 1. The van der Waals surface area contributed by atoms with Crippen molar-refractivity contribution in [2.45, 2.75) is 13.3 Å². The summed E-state index contributed by atoms with van der Waals surface area (Å²) in [4.78, 5) is 17.9. The quantitative estimate of drug-likeness (QED) is 0.878. The third kappa shape index (κ3) is 1.74. The number of hydrogen-bond donors (Lipinski definition) is 2. The fraction of sp³-hybridized carbons (Fsp3) is 0.200. The van der Waals surface area contributed by atoms with Gasteiger partial charge in [-0.1, -0.05) is 0 Å². The lowest BCUT2D eigenvalue weighted by molar-refractivity contribution is -0.136. The Balaban J connectivity index is 2.71. The predicted octanol–water partition coefficient (Wildman–Crippen LogP) is 2.26. The predicted molar refractivity (Wildman–Crippen MR) is 59.9 cm³/mol. The number of hydrogen-bond acceptors (Lipinski definition) is 2. The summed E-state index contributed by atoms with van der Waals surface area (Å²) in [7, 11) is 0. The van der Waals surface area contributed by atoms with Crippen molar-refractivity contribution in [3.05, 3.63) is 28.0 Å². The summed E-state index contributed by atoms with van der Waals surface area (Å²) in [5.41, 5.74) is 2.36. The molecular formula is C10H9BrN2O2. The molecule has 4 nitrogen and oxygen atoms in total. The summed E-state index contributed by atoms with van der Waals surface area (Å²) in [5, 5.41) is 9.67. The molecule has 2 N–H and O–H groups in total. The Morgan fingerprint density at radius 2 is 2.40 bits per heavy atom. The molecule has 0 aliphatic rings. The lowest BCUT2D eigenvalue weighted by atomic mass is 10.1. The Morgan fingerprint density at radius 1 is 1.67 bits per heavy atom. The van der Waals surface area contributed by atoms with Crippen molar-refractivity contribution >= 4 is 32.9 Å². The van der Waals surface area contributed by atoms with E-state index < -0.39 is 5.97 Å². The van der Waals surface area contributed by atoms with Gasteiger partial charge in [-0.15, -0.1) is 0 Å². The SMILES string of the molecule is Cc1[nH]c2nccc(Br)c2c1CC(=O)O. The van der Waals surface area contributed by atoms with Gasteiger partial charge >= 0.3 is 5.97 Å². The van der Waals surface area contributed by atoms with E-state index >= 15 is 0 Å². The molecule has 78 valence electrons. The average molecular weight is 269 g/mol. The number of carbonyl (C=O) groups is 1. The van der Waals surface area contributed by atoms with Crippen LogP contribution in [0, 0.1) is 6.92 Å². The zero-order valence-corrected chi connectivity index (χ0v) is 9.63. The van der Waals surface area contributed by atoms with Crippen LogP contribution < -0.4 is 0 Å². The highest BCUT2D eigenvalue weighted by atomic mass is 79.9. The zero-order chi connectivity index (χ0) is 11.0. The van der Waals surface area contributed by atoms with Crippen LogP contribution in [0.5, 0.6) is 0 Å².